The quantitative estimate of drug-likeness (QED) is 0.216. The number of unbranched alkanes of at least 4 members (excludes halogenated alkanes) is 12. The van der Waals surface area contributed by atoms with Crippen molar-refractivity contribution in [3.05, 3.63) is 25.3 Å². The van der Waals surface area contributed by atoms with E-state index < -0.39 is 0 Å². The van der Waals surface area contributed by atoms with Crippen molar-refractivity contribution < 1.29 is 9.90 Å². The number of rotatable bonds is 16. The second-order valence-electron chi connectivity index (χ2n) is 5.72. The first kappa shape index (κ1) is 23.4. The van der Waals surface area contributed by atoms with Gasteiger partial charge in [-0.1, -0.05) is 57.1 Å². The molecule has 1 N–H and O–H groups in total. The first-order chi connectivity index (χ1) is 10.8. The summed E-state index contributed by atoms with van der Waals surface area (Å²) in [5.41, 5.74) is 0. The number of aliphatic hydroxyl groups is 1. The van der Waals surface area contributed by atoms with Gasteiger partial charge in [0, 0.05) is 13.0 Å². The third kappa shape index (κ3) is 27.5. The number of aliphatic hydroxyl groups excluding tert-OH is 1. The molecule has 0 aromatic heterocycles. The summed E-state index contributed by atoms with van der Waals surface area (Å²) < 4.78 is 0. The van der Waals surface area contributed by atoms with Gasteiger partial charge in [0.25, 0.3) is 0 Å². The van der Waals surface area contributed by atoms with E-state index in [0.29, 0.717) is 6.61 Å². The molecule has 2 heteroatoms. The summed E-state index contributed by atoms with van der Waals surface area (Å²) >= 11 is 0. The van der Waals surface area contributed by atoms with Crippen LogP contribution >= 0.6 is 0 Å². The van der Waals surface area contributed by atoms with Crippen LogP contribution in [0.15, 0.2) is 25.3 Å². The van der Waals surface area contributed by atoms with E-state index in [9.17, 15) is 4.79 Å². The molecule has 22 heavy (non-hydrogen) atoms. The predicted molar refractivity (Wildman–Crippen MR) is 98.2 cm³/mol. The maximum Gasteiger partial charge on any atom is 0.119 e. The molecule has 0 fully saturated rings. The molecule has 0 spiro atoms. The van der Waals surface area contributed by atoms with Crippen LogP contribution in [0.1, 0.15) is 89.9 Å². The van der Waals surface area contributed by atoms with E-state index in [1.165, 1.54) is 57.8 Å². The highest BCUT2D eigenvalue weighted by molar-refractivity contribution is 5.48. The molecule has 0 aromatic rings. The van der Waals surface area contributed by atoms with Gasteiger partial charge in [0.05, 0.1) is 0 Å². The van der Waals surface area contributed by atoms with Crippen LogP contribution in [0.3, 0.4) is 0 Å². The largest absolute Gasteiger partial charge is 0.396 e. The molecule has 0 rings (SSSR count). The maximum atomic E-state index is 9.93. The first-order valence-electron chi connectivity index (χ1n) is 9.09. The van der Waals surface area contributed by atoms with E-state index in [4.69, 9.17) is 5.11 Å². The molecule has 0 aliphatic carbocycles. The number of hydrogen-bond donors (Lipinski definition) is 1. The van der Waals surface area contributed by atoms with Crippen molar-refractivity contribution in [2.24, 2.45) is 0 Å². The predicted octanol–water partition coefficient (Wildman–Crippen LogP) is 6.00. The Hall–Kier alpha value is -0.890. The second-order valence-corrected chi connectivity index (χ2v) is 5.72. The van der Waals surface area contributed by atoms with E-state index in [0.717, 1.165) is 38.4 Å². The fourth-order valence-corrected chi connectivity index (χ4v) is 2.15. The summed E-state index contributed by atoms with van der Waals surface area (Å²) in [6.07, 6.45) is 21.4. The monoisotopic (exact) mass is 310 g/mol. The summed E-state index contributed by atoms with van der Waals surface area (Å²) in [6.45, 7) is 7.69. The van der Waals surface area contributed by atoms with Crippen LogP contribution in [0.25, 0.3) is 0 Å². The van der Waals surface area contributed by atoms with Gasteiger partial charge in [-0.05, 0) is 38.5 Å². The molecule has 0 saturated heterocycles. The molecule has 0 atom stereocenters. The van der Waals surface area contributed by atoms with Crippen LogP contribution in [0.4, 0.5) is 0 Å². The van der Waals surface area contributed by atoms with Crippen LogP contribution < -0.4 is 0 Å². The molecule has 0 saturated carbocycles. The fourth-order valence-electron chi connectivity index (χ4n) is 2.15. The van der Waals surface area contributed by atoms with E-state index in [-0.39, 0.29) is 0 Å². The number of carbonyl (C=O) groups excluding carboxylic acids is 1. The summed E-state index contributed by atoms with van der Waals surface area (Å²) in [5.74, 6) is 0. The summed E-state index contributed by atoms with van der Waals surface area (Å²) in [5, 5.41) is 8.49. The zero-order valence-corrected chi connectivity index (χ0v) is 14.6. The molecular formula is C20H38O2. The third-order valence-electron chi connectivity index (χ3n) is 3.55. The highest BCUT2D eigenvalue weighted by Gasteiger charge is 1.89. The van der Waals surface area contributed by atoms with Gasteiger partial charge in [-0.2, -0.15) is 0 Å². The van der Waals surface area contributed by atoms with Crippen molar-refractivity contribution in [2.75, 3.05) is 6.61 Å². The lowest BCUT2D eigenvalue weighted by molar-refractivity contribution is -0.107. The second kappa shape index (κ2) is 25.1. The van der Waals surface area contributed by atoms with E-state index >= 15 is 0 Å². The van der Waals surface area contributed by atoms with Crippen molar-refractivity contribution in [1.29, 1.82) is 0 Å². The Kier molecular flexibility index (Phi) is 26.7. The molecule has 0 bridgehead atoms. The fraction of sp³-hybridized carbons (Fsp3) is 0.750. The highest BCUT2D eigenvalue weighted by Crippen LogP contribution is 2.07. The normalized spacial score (nSPS) is 9.68. The van der Waals surface area contributed by atoms with Crippen molar-refractivity contribution in [1.82, 2.24) is 0 Å². The third-order valence-corrected chi connectivity index (χ3v) is 3.55. The Morgan fingerprint density at radius 1 is 0.591 bits per heavy atom. The van der Waals surface area contributed by atoms with Crippen LogP contribution in [-0.2, 0) is 4.79 Å². The summed E-state index contributed by atoms with van der Waals surface area (Å²) in [7, 11) is 0. The maximum absolute atomic E-state index is 9.93. The molecule has 0 aliphatic rings. The Balaban J connectivity index is 0. The lowest BCUT2D eigenvalue weighted by Gasteiger charge is -1.97. The minimum Gasteiger partial charge on any atom is -0.396 e. The molecule has 0 aromatic carbocycles. The average molecular weight is 311 g/mol. The molecule has 130 valence electrons. The van der Waals surface area contributed by atoms with Gasteiger partial charge in [-0.3, -0.25) is 0 Å². The molecular weight excluding hydrogens is 272 g/mol. The van der Waals surface area contributed by atoms with Crippen LogP contribution in [0.5, 0.6) is 0 Å². The summed E-state index contributed by atoms with van der Waals surface area (Å²) in [6, 6.07) is 0. The van der Waals surface area contributed by atoms with E-state index in [1.807, 2.05) is 12.2 Å². The smallest absolute Gasteiger partial charge is 0.119 e. The molecule has 2 nitrogen and oxygen atoms in total. The Bertz CT molecular complexity index is 212. The standard InChI is InChI=1S/C10H20O.C10H18O/c2*1-2-3-4-5-6-7-8-9-10-11/h2,11H,1,3-10H2;2,10H,1,3-9H2. The van der Waals surface area contributed by atoms with Gasteiger partial charge in [0.15, 0.2) is 0 Å². The van der Waals surface area contributed by atoms with Crippen LogP contribution in [0.2, 0.25) is 0 Å². The Morgan fingerprint density at radius 2 is 0.955 bits per heavy atom. The molecule has 0 unspecified atom stereocenters. The van der Waals surface area contributed by atoms with E-state index in [2.05, 4.69) is 13.2 Å². The Labute approximate surface area is 138 Å². The van der Waals surface area contributed by atoms with Crippen molar-refractivity contribution in [3.8, 4) is 0 Å². The number of carbonyl (C=O) groups is 1. The van der Waals surface area contributed by atoms with Crippen molar-refractivity contribution >= 4 is 6.29 Å². The minimum absolute atomic E-state index is 0.354. The van der Waals surface area contributed by atoms with Crippen LogP contribution in [0, 0.1) is 0 Å². The topological polar surface area (TPSA) is 37.3 Å². The van der Waals surface area contributed by atoms with Gasteiger partial charge in [-0.15, -0.1) is 13.2 Å². The summed E-state index contributed by atoms with van der Waals surface area (Å²) in [4.78, 5) is 9.93. The molecule has 0 amide bonds. The molecule has 0 heterocycles. The van der Waals surface area contributed by atoms with Gasteiger partial charge >= 0.3 is 0 Å². The average Bonchev–Trinajstić information content (AvgIpc) is 2.54. The van der Waals surface area contributed by atoms with Crippen molar-refractivity contribution in [3.63, 3.8) is 0 Å². The number of aldehydes is 1. The molecule has 0 radical (unpaired) electrons. The van der Waals surface area contributed by atoms with Gasteiger partial charge in [0.2, 0.25) is 0 Å². The lowest BCUT2D eigenvalue weighted by Crippen LogP contribution is -1.83. The van der Waals surface area contributed by atoms with Gasteiger partial charge in [0.1, 0.15) is 6.29 Å². The highest BCUT2D eigenvalue weighted by atomic mass is 16.2. The Morgan fingerprint density at radius 3 is 1.32 bits per heavy atom. The number of hydrogen-bond acceptors (Lipinski definition) is 2. The van der Waals surface area contributed by atoms with Gasteiger partial charge in [-0.25, -0.2) is 0 Å². The first-order valence-corrected chi connectivity index (χ1v) is 9.09. The zero-order valence-electron chi connectivity index (χ0n) is 14.6. The zero-order chi connectivity index (χ0) is 16.7. The number of allylic oxidation sites excluding steroid dienone is 2. The minimum atomic E-state index is 0.354. The molecule has 0 aliphatic heterocycles. The lowest BCUT2D eigenvalue weighted by atomic mass is 10.1. The van der Waals surface area contributed by atoms with Crippen LogP contribution in [-0.4, -0.2) is 18.0 Å². The van der Waals surface area contributed by atoms with E-state index in [1.54, 1.807) is 0 Å². The SMILES string of the molecule is C=CCCCCCCCC=O.C=CCCCCCCCCO. The van der Waals surface area contributed by atoms with Crippen molar-refractivity contribution in [2.45, 2.75) is 89.9 Å². The van der Waals surface area contributed by atoms with Gasteiger partial charge < -0.3 is 9.90 Å².